The maximum Gasteiger partial charge on any atom is 0.416 e. The van der Waals surface area contributed by atoms with Crippen molar-refractivity contribution >= 4 is 11.6 Å². The average Bonchev–Trinajstić information content (AvgIpc) is 2.72. The van der Waals surface area contributed by atoms with Gasteiger partial charge in [0.25, 0.3) is 0 Å². The van der Waals surface area contributed by atoms with Crippen LogP contribution in [0.2, 0.25) is 0 Å². The average molecular weight is 422 g/mol. The van der Waals surface area contributed by atoms with E-state index in [0.717, 1.165) is 43.0 Å². The Balaban J connectivity index is 1.24. The predicted octanol–water partition coefficient (Wildman–Crippen LogP) is 4.63. The molecule has 0 saturated carbocycles. The Morgan fingerprint density at radius 3 is 2.47 bits per heavy atom. The first-order valence-electron chi connectivity index (χ1n) is 9.98. The first kappa shape index (κ1) is 22.0. The fraction of sp³-hybridized carbons (Fsp3) is 0.409. The number of carbonyl (C=O) groups excluding carboxylic acids is 1. The van der Waals surface area contributed by atoms with Crippen LogP contribution < -0.4 is 20.1 Å². The number of para-hydroxylation sites is 2. The van der Waals surface area contributed by atoms with Crippen molar-refractivity contribution in [3.05, 3.63) is 54.1 Å². The second-order valence-electron chi connectivity index (χ2n) is 7.14. The third kappa shape index (κ3) is 6.66. The van der Waals surface area contributed by atoms with Gasteiger partial charge in [-0.3, -0.25) is 4.79 Å². The third-order valence-electron chi connectivity index (χ3n) is 4.69. The molecule has 1 aliphatic heterocycles. The summed E-state index contributed by atoms with van der Waals surface area (Å²) in [5, 5.41) is 5.96. The molecule has 1 aliphatic rings. The smallest absolute Gasteiger partial charge is 0.416 e. The number of amides is 1. The van der Waals surface area contributed by atoms with E-state index in [2.05, 4.69) is 10.6 Å². The van der Waals surface area contributed by atoms with Gasteiger partial charge in [0.2, 0.25) is 5.91 Å². The summed E-state index contributed by atoms with van der Waals surface area (Å²) >= 11 is 0. The quantitative estimate of drug-likeness (QED) is 0.579. The lowest BCUT2D eigenvalue weighted by Crippen LogP contribution is -2.38. The Morgan fingerprint density at radius 1 is 1.00 bits per heavy atom. The molecule has 5 nitrogen and oxygen atoms in total. The van der Waals surface area contributed by atoms with Crippen LogP contribution in [0.15, 0.2) is 48.5 Å². The molecule has 0 spiro atoms. The minimum atomic E-state index is -4.38. The topological polar surface area (TPSA) is 59.6 Å². The van der Waals surface area contributed by atoms with Crippen LogP contribution in [-0.2, 0) is 11.0 Å². The molecule has 0 fully saturated rings. The summed E-state index contributed by atoms with van der Waals surface area (Å²) in [6.07, 6.45) is -1.58. The fourth-order valence-electron chi connectivity index (χ4n) is 3.11. The van der Waals surface area contributed by atoms with Crippen molar-refractivity contribution in [3.8, 4) is 11.5 Å². The second-order valence-corrected chi connectivity index (χ2v) is 7.14. The van der Waals surface area contributed by atoms with Gasteiger partial charge in [-0.15, -0.1) is 0 Å². The molecule has 0 bridgehead atoms. The van der Waals surface area contributed by atoms with Gasteiger partial charge in [-0.1, -0.05) is 18.6 Å². The van der Waals surface area contributed by atoms with Crippen molar-refractivity contribution in [3.63, 3.8) is 0 Å². The number of alkyl halides is 3. The summed E-state index contributed by atoms with van der Waals surface area (Å²) in [5.41, 5.74) is -0.367. The van der Waals surface area contributed by atoms with E-state index in [9.17, 15) is 18.0 Å². The Bertz CT molecular complexity index is 825. The molecular formula is C22H25F3N2O3. The number of hydrogen-bond acceptors (Lipinski definition) is 4. The summed E-state index contributed by atoms with van der Waals surface area (Å²) in [6.45, 7) is 2.00. The van der Waals surface area contributed by atoms with Gasteiger partial charge in [0.15, 0.2) is 11.5 Å². The number of unbranched alkanes of at least 4 members (excludes halogenated alkanes) is 2. The first-order valence-corrected chi connectivity index (χ1v) is 9.98. The van der Waals surface area contributed by atoms with E-state index in [1.165, 1.54) is 12.1 Å². The Morgan fingerprint density at radius 2 is 1.73 bits per heavy atom. The maximum atomic E-state index is 12.5. The molecule has 162 valence electrons. The number of anilines is 1. The first-order chi connectivity index (χ1) is 14.4. The van der Waals surface area contributed by atoms with Crippen molar-refractivity contribution in [2.24, 2.45) is 0 Å². The van der Waals surface area contributed by atoms with Gasteiger partial charge < -0.3 is 20.1 Å². The Labute approximate surface area is 173 Å². The van der Waals surface area contributed by atoms with E-state index in [1.807, 2.05) is 24.3 Å². The van der Waals surface area contributed by atoms with Gasteiger partial charge in [-0.05, 0) is 55.8 Å². The van der Waals surface area contributed by atoms with Crippen molar-refractivity contribution in [1.29, 1.82) is 0 Å². The van der Waals surface area contributed by atoms with Crippen molar-refractivity contribution in [2.75, 3.05) is 25.0 Å². The van der Waals surface area contributed by atoms with Crippen LogP contribution in [0.5, 0.6) is 11.5 Å². The summed E-state index contributed by atoms with van der Waals surface area (Å²) in [6, 6.07) is 12.0. The molecule has 8 heteroatoms. The second kappa shape index (κ2) is 10.3. The number of carbonyl (C=O) groups is 1. The molecule has 0 aromatic heterocycles. The third-order valence-corrected chi connectivity index (χ3v) is 4.69. The zero-order valence-corrected chi connectivity index (χ0v) is 16.5. The van der Waals surface area contributed by atoms with Gasteiger partial charge in [-0.2, -0.15) is 13.2 Å². The SMILES string of the molecule is O=C(CCCCCNCC1COc2ccccc2O1)Nc1ccc(C(F)(F)F)cc1. The number of rotatable bonds is 9. The molecule has 0 radical (unpaired) electrons. The summed E-state index contributed by atoms with van der Waals surface area (Å²) in [7, 11) is 0. The molecule has 1 unspecified atom stereocenters. The van der Waals surface area contributed by atoms with Crippen molar-refractivity contribution in [2.45, 2.75) is 38.0 Å². The molecule has 0 saturated heterocycles. The van der Waals surface area contributed by atoms with Crippen LogP contribution in [0.1, 0.15) is 31.2 Å². The molecule has 30 heavy (non-hydrogen) atoms. The lowest BCUT2D eigenvalue weighted by atomic mass is 10.1. The van der Waals surface area contributed by atoms with Crippen LogP contribution >= 0.6 is 0 Å². The van der Waals surface area contributed by atoms with E-state index < -0.39 is 11.7 Å². The van der Waals surface area contributed by atoms with Gasteiger partial charge in [0.05, 0.1) is 5.56 Å². The molecule has 1 heterocycles. The number of nitrogens with one attached hydrogen (secondary N) is 2. The number of ether oxygens (including phenoxy) is 2. The molecule has 2 aromatic rings. The summed E-state index contributed by atoms with van der Waals surface area (Å²) < 4.78 is 49.1. The van der Waals surface area contributed by atoms with E-state index in [4.69, 9.17) is 9.47 Å². The van der Waals surface area contributed by atoms with Gasteiger partial charge in [-0.25, -0.2) is 0 Å². The van der Waals surface area contributed by atoms with Gasteiger partial charge in [0, 0.05) is 18.7 Å². The predicted molar refractivity (Wildman–Crippen MR) is 108 cm³/mol. The highest BCUT2D eigenvalue weighted by molar-refractivity contribution is 5.90. The standard InChI is InChI=1S/C22H25F3N2O3/c23-22(24,25)16-9-11-17(12-10-16)27-21(28)8-2-1-5-13-26-14-18-15-29-19-6-3-4-7-20(19)30-18/h3-4,6-7,9-12,18,26H,1-2,5,8,13-15H2,(H,27,28). The van der Waals surface area contributed by atoms with Crippen LogP contribution in [0, 0.1) is 0 Å². The fourth-order valence-corrected chi connectivity index (χ4v) is 3.11. The van der Waals surface area contributed by atoms with Gasteiger partial charge >= 0.3 is 6.18 Å². The van der Waals surface area contributed by atoms with Crippen molar-refractivity contribution in [1.82, 2.24) is 5.32 Å². The number of fused-ring (bicyclic) bond motifs is 1. The minimum Gasteiger partial charge on any atom is -0.486 e. The van der Waals surface area contributed by atoms with Crippen LogP contribution in [0.25, 0.3) is 0 Å². The lowest BCUT2D eigenvalue weighted by Gasteiger charge is -2.26. The Hall–Kier alpha value is -2.74. The maximum absolute atomic E-state index is 12.5. The summed E-state index contributed by atoms with van der Waals surface area (Å²) in [4.78, 5) is 11.9. The minimum absolute atomic E-state index is 0.0330. The molecule has 2 aromatic carbocycles. The zero-order chi connectivity index (χ0) is 21.4. The number of halogens is 3. The van der Waals surface area contributed by atoms with E-state index in [1.54, 1.807) is 0 Å². The largest absolute Gasteiger partial charge is 0.486 e. The monoisotopic (exact) mass is 422 g/mol. The molecule has 3 rings (SSSR count). The molecule has 0 aliphatic carbocycles. The highest BCUT2D eigenvalue weighted by Gasteiger charge is 2.30. The van der Waals surface area contributed by atoms with E-state index in [0.29, 0.717) is 31.7 Å². The van der Waals surface area contributed by atoms with Crippen molar-refractivity contribution < 1.29 is 27.4 Å². The number of hydrogen-bond donors (Lipinski definition) is 2. The lowest BCUT2D eigenvalue weighted by molar-refractivity contribution is -0.137. The zero-order valence-electron chi connectivity index (χ0n) is 16.5. The Kier molecular flexibility index (Phi) is 7.57. The number of benzene rings is 2. The van der Waals surface area contributed by atoms with Crippen LogP contribution in [0.3, 0.4) is 0 Å². The molecular weight excluding hydrogens is 397 g/mol. The highest BCUT2D eigenvalue weighted by atomic mass is 19.4. The van der Waals surface area contributed by atoms with Gasteiger partial charge in [0.1, 0.15) is 12.7 Å². The normalized spacial score (nSPS) is 15.6. The summed E-state index contributed by atoms with van der Waals surface area (Å²) in [5.74, 6) is 1.33. The molecule has 1 amide bonds. The van der Waals surface area contributed by atoms with Crippen LogP contribution in [-0.4, -0.2) is 31.7 Å². The van der Waals surface area contributed by atoms with E-state index in [-0.39, 0.29) is 12.0 Å². The molecule has 2 N–H and O–H groups in total. The highest BCUT2D eigenvalue weighted by Crippen LogP contribution is 2.31. The molecule has 1 atom stereocenters. The van der Waals surface area contributed by atoms with E-state index >= 15 is 0 Å². The van der Waals surface area contributed by atoms with Crippen LogP contribution in [0.4, 0.5) is 18.9 Å².